The number of nitrogens with one attached hydrogen (secondary N) is 1. The zero-order valence-corrected chi connectivity index (χ0v) is 16.6. The summed E-state index contributed by atoms with van der Waals surface area (Å²) < 4.78 is 11.0. The monoisotopic (exact) mass is 397 g/mol. The lowest BCUT2D eigenvalue weighted by atomic mass is 9.88. The fourth-order valence-corrected chi connectivity index (χ4v) is 3.70. The van der Waals surface area contributed by atoms with E-state index in [1.54, 1.807) is 0 Å². The van der Waals surface area contributed by atoms with Gasteiger partial charge in [0.2, 0.25) is 0 Å². The van der Waals surface area contributed by atoms with Crippen molar-refractivity contribution in [1.29, 1.82) is 0 Å². The number of ether oxygens (including phenoxy) is 2. The highest BCUT2D eigenvalue weighted by Gasteiger charge is 2.24. The number of carbonyl (C=O) groups excluding carboxylic acids is 1. The summed E-state index contributed by atoms with van der Waals surface area (Å²) in [7, 11) is 0. The molecule has 0 spiro atoms. The summed E-state index contributed by atoms with van der Waals surface area (Å²) in [6, 6.07) is 16.1. The van der Waals surface area contributed by atoms with Gasteiger partial charge in [0.15, 0.2) is 0 Å². The Bertz CT molecular complexity index is 851. The van der Waals surface area contributed by atoms with Gasteiger partial charge < -0.3 is 19.9 Å². The Morgan fingerprint density at radius 1 is 1.17 bits per heavy atom. The van der Waals surface area contributed by atoms with Crippen molar-refractivity contribution in [2.24, 2.45) is 0 Å². The van der Waals surface area contributed by atoms with Crippen LogP contribution in [0.4, 0.5) is 0 Å². The SMILES string of the molecule is CCc1ccccc1OCC(CNC1CCCc2ccccc21)OC(=O)C(=O)O. The average Bonchev–Trinajstić information content (AvgIpc) is 2.75. The maximum atomic E-state index is 11.6. The Hall–Kier alpha value is -2.86. The molecule has 2 atom stereocenters. The first-order chi connectivity index (χ1) is 14.1. The topological polar surface area (TPSA) is 84.9 Å². The summed E-state index contributed by atoms with van der Waals surface area (Å²) in [4.78, 5) is 22.6. The summed E-state index contributed by atoms with van der Waals surface area (Å²) in [5.74, 6) is -2.16. The minimum atomic E-state index is -1.60. The fraction of sp³-hybridized carbons (Fsp3) is 0.391. The lowest BCUT2D eigenvalue weighted by Gasteiger charge is -2.28. The lowest BCUT2D eigenvalue weighted by molar-refractivity contribution is -0.168. The molecule has 0 aliphatic heterocycles. The molecule has 1 aliphatic carbocycles. The first-order valence-electron chi connectivity index (χ1n) is 10.0. The molecule has 0 saturated carbocycles. The number of hydrogen-bond donors (Lipinski definition) is 2. The van der Waals surface area contributed by atoms with E-state index in [0.717, 1.165) is 37.0 Å². The van der Waals surface area contributed by atoms with Crippen LogP contribution >= 0.6 is 0 Å². The van der Waals surface area contributed by atoms with E-state index in [9.17, 15) is 9.59 Å². The molecule has 0 aromatic heterocycles. The zero-order chi connectivity index (χ0) is 20.6. The molecule has 0 heterocycles. The molecule has 0 radical (unpaired) electrons. The van der Waals surface area contributed by atoms with E-state index in [0.29, 0.717) is 6.54 Å². The third-order valence-electron chi connectivity index (χ3n) is 5.19. The Morgan fingerprint density at radius 3 is 2.72 bits per heavy atom. The quantitative estimate of drug-likeness (QED) is 0.525. The molecule has 154 valence electrons. The highest BCUT2D eigenvalue weighted by atomic mass is 16.6. The molecule has 0 saturated heterocycles. The van der Waals surface area contributed by atoms with Crippen molar-refractivity contribution < 1.29 is 24.2 Å². The maximum Gasteiger partial charge on any atom is 0.417 e. The van der Waals surface area contributed by atoms with Crippen LogP contribution < -0.4 is 10.1 Å². The van der Waals surface area contributed by atoms with Crippen molar-refractivity contribution in [2.45, 2.75) is 44.8 Å². The number of fused-ring (bicyclic) bond motifs is 1. The zero-order valence-electron chi connectivity index (χ0n) is 16.6. The molecular formula is C23H27NO5. The number of aliphatic carboxylic acids is 1. The molecular weight excluding hydrogens is 370 g/mol. The van der Waals surface area contributed by atoms with Gasteiger partial charge in [-0.2, -0.15) is 0 Å². The largest absolute Gasteiger partial charge is 0.489 e. The molecule has 2 unspecified atom stereocenters. The van der Waals surface area contributed by atoms with Gasteiger partial charge >= 0.3 is 11.9 Å². The number of hydrogen-bond acceptors (Lipinski definition) is 5. The number of carboxylic acids is 1. The molecule has 2 aromatic carbocycles. The first-order valence-corrected chi connectivity index (χ1v) is 10.0. The number of aryl methyl sites for hydroxylation is 2. The number of carboxylic acid groups (broad SMARTS) is 1. The number of esters is 1. The van der Waals surface area contributed by atoms with Gasteiger partial charge in [0.1, 0.15) is 18.5 Å². The van der Waals surface area contributed by atoms with Crippen molar-refractivity contribution in [2.75, 3.05) is 13.2 Å². The lowest BCUT2D eigenvalue weighted by Crippen LogP contribution is -2.39. The van der Waals surface area contributed by atoms with Crippen molar-refractivity contribution in [3.8, 4) is 5.75 Å². The maximum absolute atomic E-state index is 11.6. The minimum Gasteiger partial charge on any atom is -0.489 e. The van der Waals surface area contributed by atoms with Crippen LogP contribution in [0.2, 0.25) is 0 Å². The molecule has 6 heteroatoms. The standard InChI is InChI=1S/C23H27NO5/c1-2-16-8-4-6-13-21(16)28-15-18(29-23(27)22(25)26)14-24-20-12-7-10-17-9-3-5-11-19(17)20/h3-6,8-9,11,13,18,20,24H,2,7,10,12,14-15H2,1H3,(H,25,26). The van der Waals surface area contributed by atoms with Crippen molar-refractivity contribution >= 4 is 11.9 Å². The van der Waals surface area contributed by atoms with Gasteiger partial charge in [0.05, 0.1) is 0 Å². The Labute approximate surface area is 170 Å². The van der Waals surface area contributed by atoms with E-state index < -0.39 is 18.0 Å². The van der Waals surface area contributed by atoms with Crippen LogP contribution in [0.1, 0.15) is 42.5 Å². The van der Waals surface area contributed by atoms with E-state index in [1.807, 2.05) is 43.3 Å². The normalized spacial score (nSPS) is 16.5. The van der Waals surface area contributed by atoms with Crippen LogP contribution in [0, 0.1) is 0 Å². The van der Waals surface area contributed by atoms with Gasteiger partial charge in [0.25, 0.3) is 0 Å². The van der Waals surface area contributed by atoms with E-state index in [-0.39, 0.29) is 12.6 Å². The van der Waals surface area contributed by atoms with Crippen LogP contribution in [-0.4, -0.2) is 36.3 Å². The van der Waals surface area contributed by atoms with Crippen LogP contribution in [0.25, 0.3) is 0 Å². The highest BCUT2D eigenvalue weighted by Crippen LogP contribution is 2.29. The molecule has 29 heavy (non-hydrogen) atoms. The Kier molecular flexibility index (Phi) is 7.25. The molecule has 0 fully saturated rings. The van der Waals surface area contributed by atoms with E-state index >= 15 is 0 Å². The highest BCUT2D eigenvalue weighted by molar-refractivity contribution is 6.28. The van der Waals surface area contributed by atoms with Crippen LogP contribution in [0.5, 0.6) is 5.75 Å². The number of benzene rings is 2. The van der Waals surface area contributed by atoms with Crippen molar-refractivity contribution in [1.82, 2.24) is 5.32 Å². The molecule has 0 amide bonds. The van der Waals surface area contributed by atoms with Crippen molar-refractivity contribution in [3.63, 3.8) is 0 Å². The molecule has 6 nitrogen and oxygen atoms in total. The second-order valence-electron chi connectivity index (χ2n) is 7.16. The van der Waals surface area contributed by atoms with Gasteiger partial charge in [0, 0.05) is 12.6 Å². The van der Waals surface area contributed by atoms with Crippen LogP contribution in [-0.2, 0) is 27.2 Å². The molecule has 0 bridgehead atoms. The van der Waals surface area contributed by atoms with Gasteiger partial charge in [-0.25, -0.2) is 9.59 Å². The van der Waals surface area contributed by atoms with E-state index in [2.05, 4.69) is 17.4 Å². The summed E-state index contributed by atoms with van der Waals surface area (Å²) in [5, 5.41) is 12.3. The van der Waals surface area contributed by atoms with Gasteiger partial charge in [-0.05, 0) is 48.4 Å². The van der Waals surface area contributed by atoms with Crippen molar-refractivity contribution in [3.05, 3.63) is 65.2 Å². The summed E-state index contributed by atoms with van der Waals surface area (Å²) in [6.45, 7) is 2.43. The number of carbonyl (C=O) groups is 2. The van der Waals surface area contributed by atoms with Crippen LogP contribution in [0.3, 0.4) is 0 Å². The Morgan fingerprint density at radius 2 is 1.93 bits per heavy atom. The fourth-order valence-electron chi connectivity index (χ4n) is 3.70. The molecule has 3 rings (SSSR count). The smallest absolute Gasteiger partial charge is 0.417 e. The minimum absolute atomic E-state index is 0.0808. The number of rotatable bonds is 8. The molecule has 1 aliphatic rings. The van der Waals surface area contributed by atoms with E-state index in [1.165, 1.54) is 11.1 Å². The predicted octanol–water partition coefficient (Wildman–Crippen LogP) is 3.29. The third-order valence-corrected chi connectivity index (χ3v) is 5.19. The third kappa shape index (κ3) is 5.57. The Balaban J connectivity index is 1.66. The van der Waals surface area contributed by atoms with E-state index in [4.69, 9.17) is 14.6 Å². The summed E-state index contributed by atoms with van der Waals surface area (Å²) in [6.07, 6.45) is 3.22. The molecule has 2 aromatic rings. The molecule has 2 N–H and O–H groups in total. The van der Waals surface area contributed by atoms with Crippen LogP contribution in [0.15, 0.2) is 48.5 Å². The summed E-state index contributed by atoms with van der Waals surface area (Å²) in [5.41, 5.74) is 3.62. The summed E-state index contributed by atoms with van der Waals surface area (Å²) >= 11 is 0. The van der Waals surface area contributed by atoms with Gasteiger partial charge in [-0.1, -0.05) is 49.4 Å². The van der Waals surface area contributed by atoms with Gasteiger partial charge in [-0.3, -0.25) is 0 Å². The second kappa shape index (κ2) is 10.1. The first kappa shape index (κ1) is 20.9. The average molecular weight is 397 g/mol. The predicted molar refractivity (Wildman–Crippen MR) is 109 cm³/mol. The second-order valence-corrected chi connectivity index (χ2v) is 7.16. The van der Waals surface area contributed by atoms with Gasteiger partial charge in [-0.15, -0.1) is 0 Å². The number of para-hydroxylation sites is 1.